The van der Waals surface area contributed by atoms with E-state index >= 15 is 0 Å². The molecule has 1 heterocycles. The van der Waals surface area contributed by atoms with Crippen LogP contribution < -0.4 is 5.32 Å². The minimum absolute atomic E-state index is 0.558. The maximum Gasteiger partial charge on any atom is 0.132 e. The Morgan fingerprint density at radius 1 is 1.05 bits per heavy atom. The highest BCUT2D eigenvalue weighted by Gasteiger charge is 2.03. The summed E-state index contributed by atoms with van der Waals surface area (Å²) in [5.41, 5.74) is 2.13. The number of halogens is 2. The van der Waals surface area contributed by atoms with Crippen molar-refractivity contribution in [3.8, 4) is 0 Å². The van der Waals surface area contributed by atoms with Crippen molar-refractivity contribution >= 4 is 23.2 Å². The second kappa shape index (κ2) is 6.85. The summed E-state index contributed by atoms with van der Waals surface area (Å²) in [5.74, 6) is 0.777. The molecular formula is C14H15Cl2N3. The number of hydrogen-bond donors (Lipinski definition) is 1. The monoisotopic (exact) mass is 295 g/mol. The Balaban J connectivity index is 2.04. The Bertz CT molecular complexity index is 541. The summed E-state index contributed by atoms with van der Waals surface area (Å²) in [6.07, 6.45) is 4.35. The van der Waals surface area contributed by atoms with E-state index < -0.39 is 0 Å². The predicted molar refractivity (Wildman–Crippen MR) is 78.7 cm³/mol. The van der Waals surface area contributed by atoms with Gasteiger partial charge in [-0.05, 0) is 24.2 Å². The number of rotatable bonds is 5. The van der Waals surface area contributed by atoms with Gasteiger partial charge in [-0.25, -0.2) is 9.97 Å². The van der Waals surface area contributed by atoms with E-state index in [9.17, 15) is 0 Å². The third kappa shape index (κ3) is 4.16. The maximum absolute atomic E-state index is 5.98. The van der Waals surface area contributed by atoms with Crippen LogP contribution >= 0.6 is 23.2 Å². The van der Waals surface area contributed by atoms with Gasteiger partial charge in [0.15, 0.2) is 0 Å². The van der Waals surface area contributed by atoms with Gasteiger partial charge in [-0.1, -0.05) is 36.2 Å². The Morgan fingerprint density at radius 2 is 1.79 bits per heavy atom. The van der Waals surface area contributed by atoms with Gasteiger partial charge < -0.3 is 5.32 Å². The van der Waals surface area contributed by atoms with Gasteiger partial charge >= 0.3 is 0 Å². The van der Waals surface area contributed by atoms with Crippen LogP contribution in [0.5, 0.6) is 0 Å². The van der Waals surface area contributed by atoms with E-state index in [0.717, 1.165) is 30.0 Å². The van der Waals surface area contributed by atoms with E-state index in [1.807, 2.05) is 24.5 Å². The topological polar surface area (TPSA) is 37.8 Å². The minimum atomic E-state index is 0.558. The SMILES string of the molecule is CCNCc1cnc(Cc2ccc(Cl)c(Cl)c2)nc1. The van der Waals surface area contributed by atoms with Crippen molar-refractivity contribution in [3.63, 3.8) is 0 Å². The molecule has 0 saturated heterocycles. The Hall–Kier alpha value is -1.16. The van der Waals surface area contributed by atoms with Gasteiger partial charge in [-0.2, -0.15) is 0 Å². The second-order valence-corrected chi connectivity index (χ2v) is 5.03. The first-order valence-corrected chi connectivity index (χ1v) is 6.89. The summed E-state index contributed by atoms with van der Waals surface area (Å²) in [6.45, 7) is 3.80. The molecule has 2 aromatic rings. The molecule has 19 heavy (non-hydrogen) atoms. The minimum Gasteiger partial charge on any atom is -0.313 e. The lowest BCUT2D eigenvalue weighted by Gasteiger charge is -2.04. The zero-order chi connectivity index (χ0) is 13.7. The molecule has 1 N–H and O–H groups in total. The summed E-state index contributed by atoms with van der Waals surface area (Å²) in [7, 11) is 0. The highest BCUT2D eigenvalue weighted by Crippen LogP contribution is 2.23. The molecule has 0 saturated carbocycles. The predicted octanol–water partition coefficient (Wildman–Crippen LogP) is 3.48. The fraction of sp³-hybridized carbons (Fsp3) is 0.286. The third-order valence-corrected chi connectivity index (χ3v) is 3.42. The van der Waals surface area contributed by atoms with Crippen LogP contribution in [0.25, 0.3) is 0 Å². The molecule has 0 aliphatic heterocycles. The molecule has 0 bridgehead atoms. The van der Waals surface area contributed by atoms with E-state index in [2.05, 4.69) is 22.2 Å². The largest absolute Gasteiger partial charge is 0.313 e. The summed E-state index contributed by atoms with van der Waals surface area (Å²) in [6, 6.07) is 5.57. The van der Waals surface area contributed by atoms with Crippen molar-refractivity contribution in [1.29, 1.82) is 0 Å². The number of hydrogen-bond acceptors (Lipinski definition) is 3. The van der Waals surface area contributed by atoms with Gasteiger partial charge in [0.05, 0.1) is 10.0 Å². The van der Waals surface area contributed by atoms with E-state index in [1.54, 1.807) is 6.07 Å². The van der Waals surface area contributed by atoms with Crippen LogP contribution in [0.1, 0.15) is 23.9 Å². The van der Waals surface area contributed by atoms with E-state index in [0.29, 0.717) is 16.5 Å². The van der Waals surface area contributed by atoms with Crippen molar-refractivity contribution in [2.45, 2.75) is 19.9 Å². The summed E-state index contributed by atoms with van der Waals surface area (Å²) >= 11 is 11.9. The molecule has 0 amide bonds. The molecular weight excluding hydrogens is 281 g/mol. The standard InChI is InChI=1S/C14H15Cl2N3/c1-2-17-7-11-8-18-14(19-9-11)6-10-3-4-12(15)13(16)5-10/h3-5,8-9,17H,2,6-7H2,1H3. The number of aromatic nitrogens is 2. The number of nitrogens with one attached hydrogen (secondary N) is 1. The van der Waals surface area contributed by atoms with Crippen LogP contribution in [0.3, 0.4) is 0 Å². The van der Waals surface area contributed by atoms with Gasteiger partial charge in [0.1, 0.15) is 5.82 Å². The molecule has 5 heteroatoms. The van der Waals surface area contributed by atoms with Crippen LogP contribution in [0.2, 0.25) is 10.0 Å². The average Bonchev–Trinajstić information content (AvgIpc) is 2.42. The van der Waals surface area contributed by atoms with Crippen LogP contribution in [-0.2, 0) is 13.0 Å². The highest BCUT2D eigenvalue weighted by molar-refractivity contribution is 6.42. The van der Waals surface area contributed by atoms with Crippen molar-refractivity contribution in [1.82, 2.24) is 15.3 Å². The summed E-state index contributed by atoms with van der Waals surface area (Å²) < 4.78 is 0. The smallest absolute Gasteiger partial charge is 0.132 e. The van der Waals surface area contributed by atoms with E-state index in [1.165, 1.54) is 0 Å². The molecule has 3 nitrogen and oxygen atoms in total. The Morgan fingerprint density at radius 3 is 2.42 bits per heavy atom. The quantitative estimate of drug-likeness (QED) is 0.918. The number of benzene rings is 1. The first kappa shape index (κ1) is 14.3. The van der Waals surface area contributed by atoms with Crippen LogP contribution in [0.15, 0.2) is 30.6 Å². The lowest BCUT2D eigenvalue weighted by Crippen LogP contribution is -2.12. The van der Waals surface area contributed by atoms with Crippen LogP contribution in [0.4, 0.5) is 0 Å². The molecule has 0 aliphatic rings. The first-order valence-electron chi connectivity index (χ1n) is 6.13. The zero-order valence-corrected chi connectivity index (χ0v) is 12.2. The van der Waals surface area contributed by atoms with Crippen molar-refractivity contribution in [2.75, 3.05) is 6.54 Å². The molecule has 0 spiro atoms. The fourth-order valence-electron chi connectivity index (χ4n) is 1.67. The first-order chi connectivity index (χ1) is 9.19. The van der Waals surface area contributed by atoms with E-state index in [-0.39, 0.29) is 0 Å². The summed E-state index contributed by atoms with van der Waals surface area (Å²) in [5, 5.41) is 4.36. The van der Waals surface area contributed by atoms with Gasteiger partial charge in [0, 0.05) is 30.9 Å². The molecule has 0 fully saturated rings. The van der Waals surface area contributed by atoms with Gasteiger partial charge in [-0.15, -0.1) is 0 Å². The molecule has 1 aromatic carbocycles. The maximum atomic E-state index is 5.98. The van der Waals surface area contributed by atoms with Crippen molar-refractivity contribution in [3.05, 3.63) is 57.6 Å². The molecule has 100 valence electrons. The lowest BCUT2D eigenvalue weighted by molar-refractivity contribution is 0.718. The zero-order valence-electron chi connectivity index (χ0n) is 10.7. The average molecular weight is 296 g/mol. The molecule has 0 atom stereocenters. The van der Waals surface area contributed by atoms with Crippen molar-refractivity contribution < 1.29 is 0 Å². The Labute approximate surface area is 123 Å². The van der Waals surface area contributed by atoms with Gasteiger partial charge in [-0.3, -0.25) is 0 Å². The normalized spacial score (nSPS) is 10.7. The van der Waals surface area contributed by atoms with Gasteiger partial charge in [0.2, 0.25) is 0 Å². The van der Waals surface area contributed by atoms with Gasteiger partial charge in [0.25, 0.3) is 0 Å². The number of nitrogens with zero attached hydrogens (tertiary/aromatic N) is 2. The lowest BCUT2D eigenvalue weighted by atomic mass is 10.1. The molecule has 2 rings (SSSR count). The molecule has 0 aliphatic carbocycles. The Kier molecular flexibility index (Phi) is 5.14. The van der Waals surface area contributed by atoms with Crippen LogP contribution in [0, 0.1) is 0 Å². The molecule has 0 radical (unpaired) electrons. The van der Waals surface area contributed by atoms with E-state index in [4.69, 9.17) is 23.2 Å². The van der Waals surface area contributed by atoms with Crippen LogP contribution in [-0.4, -0.2) is 16.5 Å². The fourth-order valence-corrected chi connectivity index (χ4v) is 1.99. The van der Waals surface area contributed by atoms with Crippen molar-refractivity contribution in [2.24, 2.45) is 0 Å². The highest BCUT2D eigenvalue weighted by atomic mass is 35.5. The second-order valence-electron chi connectivity index (χ2n) is 4.21. The third-order valence-electron chi connectivity index (χ3n) is 2.68. The molecule has 1 aromatic heterocycles. The summed E-state index contributed by atoms with van der Waals surface area (Å²) in [4.78, 5) is 8.70. The molecule has 0 unspecified atom stereocenters.